The van der Waals surface area contributed by atoms with Crippen LogP contribution in [0.4, 0.5) is 5.69 Å². The number of benzene rings is 2. The predicted octanol–water partition coefficient (Wildman–Crippen LogP) is 2.26. The number of hydrogen-bond donors (Lipinski definition) is 2. The molecule has 0 unspecified atom stereocenters. The number of anilines is 1. The van der Waals surface area contributed by atoms with E-state index in [-0.39, 0.29) is 36.7 Å². The average Bonchev–Trinajstić information content (AvgIpc) is 3.17. The molecule has 2 N–H and O–H groups in total. The van der Waals surface area contributed by atoms with Crippen LogP contribution in [0.15, 0.2) is 54.6 Å². The lowest BCUT2D eigenvalue weighted by Gasteiger charge is -2.17. The minimum Gasteiger partial charge on any atom is -0.484 e. The van der Waals surface area contributed by atoms with Crippen molar-refractivity contribution >= 4 is 23.4 Å². The summed E-state index contributed by atoms with van der Waals surface area (Å²) in [6.45, 7) is 3.34. The van der Waals surface area contributed by atoms with E-state index in [1.54, 1.807) is 29.2 Å². The summed E-state index contributed by atoms with van der Waals surface area (Å²) in [5.41, 5.74) is 1.74. The Morgan fingerprint density at radius 3 is 2.50 bits per heavy atom. The van der Waals surface area contributed by atoms with E-state index in [4.69, 9.17) is 4.74 Å². The summed E-state index contributed by atoms with van der Waals surface area (Å²) in [4.78, 5) is 38.0. The van der Waals surface area contributed by atoms with Crippen LogP contribution in [0.2, 0.25) is 0 Å². The zero-order valence-corrected chi connectivity index (χ0v) is 17.1. The number of hydrogen-bond acceptors (Lipinski definition) is 4. The second kappa shape index (κ2) is 10.4. The van der Waals surface area contributed by atoms with Gasteiger partial charge in [0.1, 0.15) is 5.75 Å². The van der Waals surface area contributed by atoms with E-state index < -0.39 is 0 Å². The highest BCUT2D eigenvalue weighted by Gasteiger charge is 2.34. The molecule has 1 aliphatic rings. The van der Waals surface area contributed by atoms with Gasteiger partial charge in [-0.3, -0.25) is 14.4 Å². The van der Waals surface area contributed by atoms with Crippen LogP contribution >= 0.6 is 0 Å². The van der Waals surface area contributed by atoms with Gasteiger partial charge < -0.3 is 20.3 Å². The van der Waals surface area contributed by atoms with Gasteiger partial charge in [0.25, 0.3) is 5.91 Å². The molecule has 1 aliphatic heterocycles. The smallest absolute Gasteiger partial charge is 0.258 e. The molecule has 0 saturated carbocycles. The van der Waals surface area contributed by atoms with Gasteiger partial charge in [-0.15, -0.1) is 0 Å². The molecule has 1 fully saturated rings. The fourth-order valence-electron chi connectivity index (χ4n) is 3.24. The Bertz CT molecular complexity index is 868. The Hall–Kier alpha value is -3.35. The Labute approximate surface area is 176 Å². The van der Waals surface area contributed by atoms with Crippen LogP contribution in [0.5, 0.6) is 5.75 Å². The van der Waals surface area contributed by atoms with Crippen LogP contribution in [0.1, 0.15) is 25.3 Å². The van der Waals surface area contributed by atoms with Crippen molar-refractivity contribution in [2.75, 3.05) is 24.6 Å². The van der Waals surface area contributed by atoms with Crippen molar-refractivity contribution < 1.29 is 19.1 Å². The third-order valence-corrected chi connectivity index (χ3v) is 4.90. The maximum atomic E-state index is 12.3. The van der Waals surface area contributed by atoms with E-state index in [0.29, 0.717) is 31.1 Å². The van der Waals surface area contributed by atoms with Crippen LogP contribution in [0, 0.1) is 5.92 Å². The normalized spacial score (nSPS) is 15.7. The number of nitrogens with one attached hydrogen (secondary N) is 2. The van der Waals surface area contributed by atoms with Crippen molar-refractivity contribution in [1.29, 1.82) is 0 Å². The number of amides is 3. The molecule has 0 bridgehead atoms. The minimum atomic E-state index is -0.326. The van der Waals surface area contributed by atoms with Crippen LogP contribution in [-0.4, -0.2) is 37.4 Å². The highest BCUT2D eigenvalue weighted by molar-refractivity contribution is 6.00. The van der Waals surface area contributed by atoms with Crippen LogP contribution < -0.4 is 20.3 Å². The standard InChI is InChI=1S/C23H27N3O4/c1-2-12-24-23(29)18-13-22(28)26(15-18)19-8-10-20(11-9-19)30-16-21(27)25-14-17-6-4-3-5-7-17/h3-11,18H,2,12-16H2,1H3,(H,24,29)(H,25,27)/t18-/m0/s1. The summed E-state index contributed by atoms with van der Waals surface area (Å²) in [6.07, 6.45) is 1.08. The summed E-state index contributed by atoms with van der Waals surface area (Å²) in [7, 11) is 0. The summed E-state index contributed by atoms with van der Waals surface area (Å²) in [5.74, 6) is -0.140. The van der Waals surface area contributed by atoms with Gasteiger partial charge in [-0.25, -0.2) is 0 Å². The maximum absolute atomic E-state index is 12.3. The van der Waals surface area contributed by atoms with Gasteiger partial charge in [-0.2, -0.15) is 0 Å². The average molecular weight is 409 g/mol. The van der Waals surface area contributed by atoms with Gasteiger partial charge in [0.05, 0.1) is 5.92 Å². The highest BCUT2D eigenvalue weighted by atomic mass is 16.5. The SMILES string of the molecule is CCCNC(=O)[C@H]1CC(=O)N(c2ccc(OCC(=O)NCc3ccccc3)cc2)C1. The van der Waals surface area contributed by atoms with E-state index in [9.17, 15) is 14.4 Å². The summed E-state index contributed by atoms with van der Waals surface area (Å²) in [5, 5.41) is 5.65. The second-order valence-corrected chi connectivity index (χ2v) is 7.24. The summed E-state index contributed by atoms with van der Waals surface area (Å²) in [6, 6.07) is 16.6. The molecule has 0 spiro atoms. The van der Waals surface area contributed by atoms with Crippen LogP contribution in [0.25, 0.3) is 0 Å². The van der Waals surface area contributed by atoms with Crippen molar-refractivity contribution in [3.05, 3.63) is 60.2 Å². The fraction of sp³-hybridized carbons (Fsp3) is 0.348. The van der Waals surface area contributed by atoms with E-state index in [1.165, 1.54) is 0 Å². The van der Waals surface area contributed by atoms with Crippen molar-refractivity contribution in [3.8, 4) is 5.75 Å². The topological polar surface area (TPSA) is 87.7 Å². The van der Waals surface area contributed by atoms with Crippen molar-refractivity contribution in [2.45, 2.75) is 26.3 Å². The fourth-order valence-corrected chi connectivity index (χ4v) is 3.24. The lowest BCUT2D eigenvalue weighted by molar-refractivity contribution is -0.126. The molecule has 1 heterocycles. The lowest BCUT2D eigenvalue weighted by Crippen LogP contribution is -2.33. The van der Waals surface area contributed by atoms with E-state index >= 15 is 0 Å². The van der Waals surface area contributed by atoms with Gasteiger partial charge in [-0.1, -0.05) is 37.3 Å². The van der Waals surface area contributed by atoms with Crippen LogP contribution in [-0.2, 0) is 20.9 Å². The Kier molecular flexibility index (Phi) is 7.43. The second-order valence-electron chi connectivity index (χ2n) is 7.24. The maximum Gasteiger partial charge on any atom is 0.258 e. The molecule has 30 heavy (non-hydrogen) atoms. The monoisotopic (exact) mass is 409 g/mol. The molecule has 7 heteroatoms. The highest BCUT2D eigenvalue weighted by Crippen LogP contribution is 2.27. The number of carbonyl (C=O) groups is 3. The van der Waals surface area contributed by atoms with E-state index in [1.807, 2.05) is 37.3 Å². The van der Waals surface area contributed by atoms with Gasteiger partial charge in [-0.05, 0) is 36.2 Å². The molecule has 3 amide bonds. The zero-order valence-electron chi connectivity index (χ0n) is 17.1. The Morgan fingerprint density at radius 1 is 1.07 bits per heavy atom. The molecular formula is C23H27N3O4. The van der Waals surface area contributed by atoms with Gasteiger partial charge in [0.2, 0.25) is 11.8 Å². The van der Waals surface area contributed by atoms with Crippen molar-refractivity contribution in [2.24, 2.45) is 5.92 Å². The predicted molar refractivity (Wildman–Crippen MR) is 114 cm³/mol. The number of nitrogens with zero attached hydrogens (tertiary/aromatic N) is 1. The molecule has 1 saturated heterocycles. The lowest BCUT2D eigenvalue weighted by atomic mass is 10.1. The quantitative estimate of drug-likeness (QED) is 0.665. The minimum absolute atomic E-state index is 0.0689. The Morgan fingerprint density at radius 2 is 1.80 bits per heavy atom. The van der Waals surface area contributed by atoms with Gasteiger partial charge in [0, 0.05) is 31.7 Å². The molecule has 0 radical (unpaired) electrons. The molecule has 0 aromatic heterocycles. The number of carbonyl (C=O) groups excluding carboxylic acids is 3. The third kappa shape index (κ3) is 5.83. The molecule has 3 rings (SSSR count). The molecule has 1 atom stereocenters. The summed E-state index contributed by atoms with van der Waals surface area (Å²) >= 11 is 0. The first-order chi connectivity index (χ1) is 14.6. The number of ether oxygens (including phenoxy) is 1. The summed E-state index contributed by atoms with van der Waals surface area (Å²) < 4.78 is 5.52. The van der Waals surface area contributed by atoms with Gasteiger partial charge >= 0.3 is 0 Å². The molecule has 2 aromatic rings. The molecular weight excluding hydrogens is 382 g/mol. The molecule has 158 valence electrons. The molecule has 7 nitrogen and oxygen atoms in total. The molecule has 2 aromatic carbocycles. The third-order valence-electron chi connectivity index (χ3n) is 4.90. The van der Waals surface area contributed by atoms with E-state index in [2.05, 4.69) is 10.6 Å². The Balaban J connectivity index is 1.47. The first-order valence-electron chi connectivity index (χ1n) is 10.2. The number of rotatable bonds is 9. The van der Waals surface area contributed by atoms with E-state index in [0.717, 1.165) is 12.0 Å². The van der Waals surface area contributed by atoms with Gasteiger partial charge in [0.15, 0.2) is 6.61 Å². The van der Waals surface area contributed by atoms with Crippen LogP contribution in [0.3, 0.4) is 0 Å². The van der Waals surface area contributed by atoms with Crippen molar-refractivity contribution in [1.82, 2.24) is 10.6 Å². The largest absolute Gasteiger partial charge is 0.484 e. The zero-order chi connectivity index (χ0) is 21.3. The molecule has 0 aliphatic carbocycles. The first-order valence-corrected chi connectivity index (χ1v) is 10.2. The van der Waals surface area contributed by atoms with Crippen molar-refractivity contribution in [3.63, 3.8) is 0 Å². The first kappa shape index (κ1) is 21.4.